The average molecular weight is 423 g/mol. The van der Waals surface area contributed by atoms with E-state index in [0.717, 1.165) is 22.6 Å². The molecule has 3 heterocycles. The monoisotopic (exact) mass is 423 g/mol. The Kier molecular flexibility index (Phi) is 5.77. The van der Waals surface area contributed by atoms with Crippen molar-refractivity contribution in [1.29, 1.82) is 0 Å². The molecule has 9 nitrogen and oxygen atoms in total. The summed E-state index contributed by atoms with van der Waals surface area (Å²) in [6.07, 6.45) is 3.69. The molecule has 0 aliphatic heterocycles. The molecule has 0 aliphatic carbocycles. The molecule has 162 valence electrons. The second-order valence-corrected chi connectivity index (χ2v) is 7.40. The highest BCUT2D eigenvalue weighted by Crippen LogP contribution is 2.22. The van der Waals surface area contributed by atoms with Gasteiger partial charge >= 0.3 is 5.69 Å². The summed E-state index contributed by atoms with van der Waals surface area (Å²) in [5.74, 6) is 0.625. The molecule has 1 N–H and O–H groups in total. The van der Waals surface area contributed by atoms with E-state index in [1.807, 2.05) is 44.2 Å². The van der Waals surface area contributed by atoms with Crippen molar-refractivity contribution in [3.8, 4) is 11.6 Å². The number of ether oxygens (including phenoxy) is 1. The molecular weight excluding hydrogens is 398 g/mol. The van der Waals surface area contributed by atoms with Crippen molar-refractivity contribution >= 4 is 0 Å². The minimum Gasteiger partial charge on any atom is -0.493 e. The van der Waals surface area contributed by atoms with E-state index in [1.54, 1.807) is 28.8 Å². The van der Waals surface area contributed by atoms with Crippen molar-refractivity contribution in [1.82, 2.24) is 24.1 Å². The minimum absolute atomic E-state index is 0.102. The van der Waals surface area contributed by atoms with Gasteiger partial charge in [0, 0.05) is 25.3 Å². The Morgan fingerprint density at radius 1 is 1.16 bits per heavy atom. The maximum Gasteiger partial charge on any atom is 0.336 e. The van der Waals surface area contributed by atoms with Crippen LogP contribution in [0.15, 0.2) is 52.0 Å². The average Bonchev–Trinajstić information content (AvgIpc) is 3.41. The maximum atomic E-state index is 13.3. The summed E-state index contributed by atoms with van der Waals surface area (Å²) in [6, 6.07) is 9.66. The summed E-state index contributed by atoms with van der Waals surface area (Å²) in [5.41, 5.74) is 3.38. The van der Waals surface area contributed by atoms with Crippen molar-refractivity contribution in [2.75, 3.05) is 13.7 Å². The standard InChI is InChI=1S/C22H25N5O4/c1-15-19(16(2)31-24-15)14-25-13-18(11-23-25)27-21(28)20(9-10-30-3)26(22(27)29)12-17-7-5-4-6-8-17/h4-8,11,13,28H,9-10,12,14H2,1-3H3. The first-order valence-corrected chi connectivity index (χ1v) is 10.0. The molecule has 1 aromatic carbocycles. The van der Waals surface area contributed by atoms with Crippen molar-refractivity contribution in [2.24, 2.45) is 0 Å². The van der Waals surface area contributed by atoms with Crippen LogP contribution in [0.2, 0.25) is 0 Å². The quantitative estimate of drug-likeness (QED) is 0.467. The lowest BCUT2D eigenvalue weighted by molar-refractivity contribution is 0.199. The van der Waals surface area contributed by atoms with E-state index in [1.165, 1.54) is 4.57 Å². The number of aromatic nitrogens is 5. The van der Waals surface area contributed by atoms with Gasteiger partial charge in [-0.1, -0.05) is 35.5 Å². The van der Waals surface area contributed by atoms with Gasteiger partial charge < -0.3 is 14.4 Å². The van der Waals surface area contributed by atoms with Crippen LogP contribution in [0.4, 0.5) is 0 Å². The molecule has 0 fully saturated rings. The highest BCUT2D eigenvalue weighted by atomic mass is 16.5. The number of rotatable bonds is 8. The summed E-state index contributed by atoms with van der Waals surface area (Å²) in [7, 11) is 1.59. The van der Waals surface area contributed by atoms with Crippen LogP contribution in [0.1, 0.15) is 28.3 Å². The fraction of sp³-hybridized carbons (Fsp3) is 0.318. The fourth-order valence-electron chi connectivity index (χ4n) is 3.63. The Labute approximate surface area is 179 Å². The molecule has 4 aromatic rings. The van der Waals surface area contributed by atoms with E-state index in [4.69, 9.17) is 9.26 Å². The van der Waals surface area contributed by atoms with E-state index in [9.17, 15) is 9.90 Å². The van der Waals surface area contributed by atoms with Crippen LogP contribution < -0.4 is 5.69 Å². The smallest absolute Gasteiger partial charge is 0.336 e. The zero-order valence-electron chi connectivity index (χ0n) is 17.8. The first kappa shape index (κ1) is 20.7. The number of aromatic hydroxyl groups is 1. The zero-order chi connectivity index (χ0) is 22.0. The third kappa shape index (κ3) is 4.04. The zero-order valence-corrected chi connectivity index (χ0v) is 17.8. The molecule has 3 aromatic heterocycles. The SMILES string of the molecule is COCCc1c(O)n(-c2cnn(Cc3c(C)noc3C)c2)c(=O)n1Cc1ccccc1. The van der Waals surface area contributed by atoms with Gasteiger partial charge in [-0.25, -0.2) is 9.36 Å². The largest absolute Gasteiger partial charge is 0.493 e. The lowest BCUT2D eigenvalue weighted by Gasteiger charge is -2.07. The molecule has 0 spiro atoms. The Morgan fingerprint density at radius 2 is 1.94 bits per heavy atom. The summed E-state index contributed by atoms with van der Waals surface area (Å²) < 4.78 is 14.9. The predicted octanol–water partition coefficient (Wildman–Crippen LogP) is 2.43. The molecule has 0 saturated carbocycles. The van der Waals surface area contributed by atoms with Gasteiger partial charge in [0.25, 0.3) is 0 Å². The molecule has 0 amide bonds. The van der Waals surface area contributed by atoms with Crippen LogP contribution in [-0.2, 0) is 24.2 Å². The van der Waals surface area contributed by atoms with Crippen molar-refractivity contribution in [3.63, 3.8) is 0 Å². The molecule has 9 heteroatoms. The van der Waals surface area contributed by atoms with Gasteiger partial charge in [0.2, 0.25) is 5.88 Å². The molecule has 0 atom stereocenters. The molecule has 0 radical (unpaired) electrons. The van der Waals surface area contributed by atoms with Crippen molar-refractivity contribution < 1.29 is 14.4 Å². The number of nitrogens with zero attached hydrogens (tertiary/aromatic N) is 5. The van der Waals surface area contributed by atoms with Gasteiger partial charge in [-0.15, -0.1) is 0 Å². The Bertz CT molecular complexity index is 1210. The van der Waals surface area contributed by atoms with E-state index >= 15 is 0 Å². The van der Waals surface area contributed by atoms with E-state index in [0.29, 0.717) is 37.5 Å². The Morgan fingerprint density at radius 3 is 2.61 bits per heavy atom. The second-order valence-electron chi connectivity index (χ2n) is 7.40. The van der Waals surface area contributed by atoms with Crippen LogP contribution >= 0.6 is 0 Å². The minimum atomic E-state index is -0.329. The van der Waals surface area contributed by atoms with Crippen LogP contribution in [-0.4, -0.2) is 42.9 Å². The van der Waals surface area contributed by atoms with E-state index in [-0.39, 0.29) is 11.6 Å². The summed E-state index contributed by atoms with van der Waals surface area (Å²) in [6.45, 7) is 4.92. The Hall–Kier alpha value is -3.59. The lowest BCUT2D eigenvalue weighted by Crippen LogP contribution is -2.25. The Balaban J connectivity index is 1.71. The van der Waals surface area contributed by atoms with Gasteiger partial charge in [0.05, 0.1) is 43.0 Å². The first-order valence-electron chi connectivity index (χ1n) is 10.0. The summed E-state index contributed by atoms with van der Waals surface area (Å²) in [5, 5.41) is 19.2. The summed E-state index contributed by atoms with van der Waals surface area (Å²) >= 11 is 0. The number of methoxy groups -OCH3 is 1. The molecule has 0 saturated heterocycles. The normalized spacial score (nSPS) is 11.3. The van der Waals surface area contributed by atoms with Crippen molar-refractivity contribution in [3.05, 3.63) is 81.5 Å². The maximum absolute atomic E-state index is 13.3. The van der Waals surface area contributed by atoms with Crippen LogP contribution in [0.3, 0.4) is 0 Å². The molecule has 0 unspecified atom stereocenters. The van der Waals surface area contributed by atoms with Gasteiger partial charge in [-0.2, -0.15) is 5.10 Å². The highest BCUT2D eigenvalue weighted by Gasteiger charge is 2.22. The molecule has 4 rings (SSSR count). The molecule has 31 heavy (non-hydrogen) atoms. The number of imidazole rings is 1. The van der Waals surface area contributed by atoms with Crippen LogP contribution in [0.5, 0.6) is 5.88 Å². The first-order chi connectivity index (χ1) is 15.0. The summed E-state index contributed by atoms with van der Waals surface area (Å²) in [4.78, 5) is 13.3. The van der Waals surface area contributed by atoms with E-state index < -0.39 is 0 Å². The molecule has 0 aliphatic rings. The molecular formula is C22H25N5O4. The van der Waals surface area contributed by atoms with Gasteiger partial charge in [-0.05, 0) is 19.4 Å². The second kappa shape index (κ2) is 8.65. The number of benzene rings is 1. The number of hydrogen-bond donors (Lipinski definition) is 1. The van der Waals surface area contributed by atoms with Crippen LogP contribution in [0, 0.1) is 13.8 Å². The highest BCUT2D eigenvalue weighted by molar-refractivity contribution is 5.36. The molecule has 0 bridgehead atoms. The van der Waals surface area contributed by atoms with Gasteiger partial charge in [0.15, 0.2) is 0 Å². The van der Waals surface area contributed by atoms with Crippen LogP contribution in [0.25, 0.3) is 5.69 Å². The number of hydrogen-bond acceptors (Lipinski definition) is 6. The van der Waals surface area contributed by atoms with Crippen molar-refractivity contribution in [2.45, 2.75) is 33.4 Å². The lowest BCUT2D eigenvalue weighted by atomic mass is 10.2. The third-order valence-electron chi connectivity index (χ3n) is 5.32. The number of aryl methyl sites for hydroxylation is 2. The van der Waals surface area contributed by atoms with Gasteiger partial charge in [0.1, 0.15) is 5.76 Å². The third-order valence-corrected chi connectivity index (χ3v) is 5.32. The van der Waals surface area contributed by atoms with E-state index in [2.05, 4.69) is 10.3 Å². The van der Waals surface area contributed by atoms with Gasteiger partial charge in [-0.3, -0.25) is 9.25 Å². The topological polar surface area (TPSA) is 100 Å². The predicted molar refractivity (Wildman–Crippen MR) is 114 cm³/mol. The fourth-order valence-corrected chi connectivity index (χ4v) is 3.63.